The fraction of sp³-hybridized carbons (Fsp3) is 0.571. The van der Waals surface area contributed by atoms with Crippen molar-refractivity contribution in [2.75, 3.05) is 26.7 Å². The summed E-state index contributed by atoms with van der Waals surface area (Å²) in [4.78, 5) is -0.257. The highest BCUT2D eigenvalue weighted by Gasteiger charge is 2.32. The lowest BCUT2D eigenvalue weighted by atomic mass is 10.2. The number of rotatable bonds is 5. The molecule has 0 amide bonds. The van der Waals surface area contributed by atoms with Crippen LogP contribution in [0.5, 0.6) is 0 Å². The summed E-state index contributed by atoms with van der Waals surface area (Å²) in [5, 5.41) is 2.93. The Kier molecular flexibility index (Phi) is 5.32. The highest BCUT2D eigenvalue weighted by Crippen LogP contribution is 2.23. The molecule has 1 heterocycles. The first-order valence-electron chi connectivity index (χ1n) is 7.03. The van der Waals surface area contributed by atoms with Crippen LogP contribution in [0, 0.1) is 5.82 Å². The van der Waals surface area contributed by atoms with Gasteiger partial charge in [0, 0.05) is 19.6 Å². The van der Waals surface area contributed by atoms with Gasteiger partial charge in [0.25, 0.3) is 0 Å². The van der Waals surface area contributed by atoms with Gasteiger partial charge in [0.1, 0.15) is 10.7 Å². The summed E-state index contributed by atoms with van der Waals surface area (Å²) in [5.41, 5.74) is 0.734. The van der Waals surface area contributed by atoms with Crippen LogP contribution in [-0.2, 0) is 21.3 Å². The van der Waals surface area contributed by atoms with Crippen molar-refractivity contribution in [3.8, 4) is 0 Å². The average Bonchev–Trinajstić information content (AvgIpc) is 2.49. The Balaban J connectivity index is 2.32. The van der Waals surface area contributed by atoms with Crippen molar-refractivity contribution in [1.29, 1.82) is 0 Å². The predicted octanol–water partition coefficient (Wildman–Crippen LogP) is 1.34. The molecule has 1 saturated heterocycles. The minimum absolute atomic E-state index is 0.128. The summed E-state index contributed by atoms with van der Waals surface area (Å²) >= 11 is 0. The van der Waals surface area contributed by atoms with E-state index in [-0.39, 0.29) is 24.1 Å². The van der Waals surface area contributed by atoms with Crippen LogP contribution in [0.3, 0.4) is 0 Å². The van der Waals surface area contributed by atoms with Gasteiger partial charge in [0.05, 0.1) is 12.7 Å². The second kappa shape index (κ2) is 6.83. The van der Waals surface area contributed by atoms with Gasteiger partial charge in [-0.25, -0.2) is 12.8 Å². The van der Waals surface area contributed by atoms with Crippen LogP contribution >= 0.6 is 0 Å². The van der Waals surface area contributed by atoms with E-state index in [2.05, 4.69) is 5.32 Å². The molecule has 118 valence electrons. The molecule has 2 rings (SSSR count). The molecule has 0 spiro atoms. The maximum absolute atomic E-state index is 14.0. The van der Waals surface area contributed by atoms with Crippen LogP contribution in [-0.4, -0.2) is 45.6 Å². The number of hydrogen-bond donors (Lipinski definition) is 1. The van der Waals surface area contributed by atoms with Crippen LogP contribution < -0.4 is 5.32 Å². The summed E-state index contributed by atoms with van der Waals surface area (Å²) in [5.74, 6) is -0.714. The molecular formula is C14H21FN2O3S. The van der Waals surface area contributed by atoms with Gasteiger partial charge in [-0.05, 0) is 31.2 Å². The van der Waals surface area contributed by atoms with Crippen LogP contribution in [0.2, 0.25) is 0 Å². The molecular weight excluding hydrogens is 295 g/mol. The van der Waals surface area contributed by atoms with Gasteiger partial charge >= 0.3 is 0 Å². The van der Waals surface area contributed by atoms with E-state index in [4.69, 9.17) is 4.74 Å². The molecule has 1 fully saturated rings. The van der Waals surface area contributed by atoms with Crippen molar-refractivity contribution in [2.45, 2.75) is 30.9 Å². The monoisotopic (exact) mass is 316 g/mol. The van der Waals surface area contributed by atoms with Crippen molar-refractivity contribution in [3.63, 3.8) is 0 Å². The van der Waals surface area contributed by atoms with Gasteiger partial charge in [0.15, 0.2) is 0 Å². The number of morpholine rings is 1. The quantitative estimate of drug-likeness (QED) is 0.891. The maximum atomic E-state index is 14.0. The smallest absolute Gasteiger partial charge is 0.246 e. The largest absolute Gasteiger partial charge is 0.375 e. The number of nitrogens with one attached hydrogen (secondary N) is 1. The third kappa shape index (κ3) is 3.60. The third-order valence-corrected chi connectivity index (χ3v) is 5.43. The van der Waals surface area contributed by atoms with Crippen molar-refractivity contribution >= 4 is 10.0 Å². The van der Waals surface area contributed by atoms with E-state index in [1.807, 2.05) is 6.92 Å². The Morgan fingerprint density at radius 1 is 1.48 bits per heavy atom. The second-order valence-corrected chi connectivity index (χ2v) is 6.97. The highest BCUT2D eigenvalue weighted by atomic mass is 32.2. The topological polar surface area (TPSA) is 58.6 Å². The number of hydrogen-bond acceptors (Lipinski definition) is 4. The van der Waals surface area contributed by atoms with Gasteiger partial charge in [-0.2, -0.15) is 4.31 Å². The SMILES string of the molecule is CCC1CN(S(=O)(=O)c2cc(CNC)ccc2F)CCO1. The van der Waals surface area contributed by atoms with Crippen molar-refractivity contribution in [1.82, 2.24) is 9.62 Å². The van der Waals surface area contributed by atoms with Crippen molar-refractivity contribution in [2.24, 2.45) is 0 Å². The molecule has 7 heteroatoms. The Morgan fingerprint density at radius 3 is 2.90 bits per heavy atom. The zero-order valence-electron chi connectivity index (χ0n) is 12.3. The van der Waals surface area contributed by atoms with E-state index in [9.17, 15) is 12.8 Å². The molecule has 1 aromatic carbocycles. The minimum atomic E-state index is -3.83. The van der Waals surface area contributed by atoms with Crippen LogP contribution in [0.25, 0.3) is 0 Å². The molecule has 1 aliphatic rings. The van der Waals surface area contributed by atoms with E-state index in [1.165, 1.54) is 16.4 Å². The fourth-order valence-electron chi connectivity index (χ4n) is 2.36. The van der Waals surface area contributed by atoms with E-state index in [0.29, 0.717) is 13.2 Å². The molecule has 0 aromatic heterocycles. The average molecular weight is 316 g/mol. The van der Waals surface area contributed by atoms with Crippen molar-refractivity contribution in [3.05, 3.63) is 29.6 Å². The molecule has 0 bridgehead atoms. The standard InChI is InChI=1S/C14H21FN2O3S/c1-3-12-10-17(6-7-20-12)21(18,19)14-8-11(9-16-2)4-5-13(14)15/h4-5,8,12,16H,3,6-7,9-10H2,1-2H3. The Morgan fingerprint density at radius 2 is 2.24 bits per heavy atom. The molecule has 1 aliphatic heterocycles. The van der Waals surface area contributed by atoms with Crippen LogP contribution in [0.4, 0.5) is 4.39 Å². The van der Waals surface area contributed by atoms with Gasteiger partial charge in [-0.15, -0.1) is 0 Å². The molecule has 5 nitrogen and oxygen atoms in total. The Bertz CT molecular complexity index is 592. The van der Waals surface area contributed by atoms with Gasteiger partial charge in [-0.1, -0.05) is 13.0 Å². The van der Waals surface area contributed by atoms with E-state index in [0.717, 1.165) is 12.0 Å². The molecule has 1 unspecified atom stereocenters. The van der Waals surface area contributed by atoms with Gasteiger partial charge in [-0.3, -0.25) is 0 Å². The first-order valence-corrected chi connectivity index (χ1v) is 8.47. The predicted molar refractivity (Wildman–Crippen MR) is 78.0 cm³/mol. The number of benzene rings is 1. The third-order valence-electron chi connectivity index (χ3n) is 3.55. The number of ether oxygens (including phenoxy) is 1. The number of nitrogens with zero attached hydrogens (tertiary/aromatic N) is 1. The summed E-state index contributed by atoms with van der Waals surface area (Å²) in [6.07, 6.45) is 0.603. The number of halogens is 1. The molecule has 1 aromatic rings. The molecule has 0 saturated carbocycles. The second-order valence-electron chi connectivity index (χ2n) is 5.06. The Labute approximate surface area is 125 Å². The zero-order chi connectivity index (χ0) is 15.5. The maximum Gasteiger partial charge on any atom is 0.246 e. The first-order chi connectivity index (χ1) is 9.98. The Hall–Kier alpha value is -1.02. The van der Waals surface area contributed by atoms with Crippen molar-refractivity contribution < 1.29 is 17.5 Å². The van der Waals surface area contributed by atoms with Gasteiger partial charge < -0.3 is 10.1 Å². The fourth-order valence-corrected chi connectivity index (χ4v) is 3.93. The molecule has 21 heavy (non-hydrogen) atoms. The molecule has 0 radical (unpaired) electrons. The summed E-state index contributed by atoms with van der Waals surface area (Å²) < 4.78 is 46.0. The van der Waals surface area contributed by atoms with Crippen LogP contribution in [0.1, 0.15) is 18.9 Å². The lowest BCUT2D eigenvalue weighted by Gasteiger charge is -2.31. The summed E-state index contributed by atoms with van der Waals surface area (Å²) in [6.45, 7) is 3.30. The lowest BCUT2D eigenvalue weighted by molar-refractivity contribution is -0.00283. The highest BCUT2D eigenvalue weighted by molar-refractivity contribution is 7.89. The van der Waals surface area contributed by atoms with E-state index in [1.54, 1.807) is 13.1 Å². The molecule has 1 atom stereocenters. The van der Waals surface area contributed by atoms with E-state index < -0.39 is 15.8 Å². The van der Waals surface area contributed by atoms with Crippen LogP contribution in [0.15, 0.2) is 23.1 Å². The molecule has 0 aliphatic carbocycles. The first kappa shape index (κ1) is 16.4. The minimum Gasteiger partial charge on any atom is -0.375 e. The lowest BCUT2D eigenvalue weighted by Crippen LogP contribution is -2.45. The summed E-state index contributed by atoms with van der Waals surface area (Å²) in [6, 6.07) is 4.19. The van der Waals surface area contributed by atoms with E-state index >= 15 is 0 Å². The summed E-state index contributed by atoms with van der Waals surface area (Å²) in [7, 11) is -2.07. The number of sulfonamides is 1. The van der Waals surface area contributed by atoms with Gasteiger partial charge in [0.2, 0.25) is 10.0 Å². The molecule has 1 N–H and O–H groups in total. The normalized spacial score (nSPS) is 20.6. The zero-order valence-corrected chi connectivity index (χ0v) is 13.1.